The van der Waals surface area contributed by atoms with E-state index in [1.54, 1.807) is 0 Å². The van der Waals surface area contributed by atoms with Gasteiger partial charge in [-0.15, -0.1) is 10.2 Å². The summed E-state index contributed by atoms with van der Waals surface area (Å²) in [4.78, 5) is 0. The van der Waals surface area contributed by atoms with E-state index >= 15 is 0 Å². The SMILES string of the molecule is CCCn1c(C)nnc1CNC1CCCCC1C(F)(F)F. The Kier molecular flexibility index (Phi) is 5.24. The summed E-state index contributed by atoms with van der Waals surface area (Å²) in [5.74, 6) is 0.292. The highest BCUT2D eigenvalue weighted by Gasteiger charge is 2.45. The van der Waals surface area contributed by atoms with Gasteiger partial charge in [-0.3, -0.25) is 0 Å². The molecule has 1 aromatic heterocycles. The standard InChI is InChI=1S/C14H23F3N4/c1-3-8-21-10(2)19-20-13(21)9-18-12-7-5-4-6-11(12)14(15,16)17/h11-12,18H,3-9H2,1-2H3. The van der Waals surface area contributed by atoms with Crippen molar-refractivity contribution in [2.24, 2.45) is 5.92 Å². The molecule has 0 spiro atoms. The fourth-order valence-electron chi connectivity index (χ4n) is 3.06. The van der Waals surface area contributed by atoms with Crippen LogP contribution >= 0.6 is 0 Å². The maximum Gasteiger partial charge on any atom is 0.393 e. The minimum Gasteiger partial charge on any atom is -0.314 e. The predicted molar refractivity (Wildman–Crippen MR) is 73.7 cm³/mol. The lowest BCUT2D eigenvalue weighted by molar-refractivity contribution is -0.189. The molecule has 0 aliphatic heterocycles. The van der Waals surface area contributed by atoms with Gasteiger partial charge < -0.3 is 9.88 Å². The summed E-state index contributed by atoms with van der Waals surface area (Å²) in [6.07, 6.45) is -0.864. The van der Waals surface area contributed by atoms with Crippen LogP contribution in [0.1, 0.15) is 50.7 Å². The molecular weight excluding hydrogens is 281 g/mol. The first-order valence-electron chi connectivity index (χ1n) is 7.62. The van der Waals surface area contributed by atoms with Crippen LogP contribution in [0.4, 0.5) is 13.2 Å². The number of nitrogens with zero attached hydrogens (tertiary/aromatic N) is 3. The van der Waals surface area contributed by atoms with Crippen LogP contribution < -0.4 is 5.32 Å². The van der Waals surface area contributed by atoms with Gasteiger partial charge in [0, 0.05) is 12.6 Å². The average Bonchev–Trinajstić information content (AvgIpc) is 2.78. The molecule has 1 aliphatic rings. The zero-order valence-electron chi connectivity index (χ0n) is 12.6. The Labute approximate surface area is 123 Å². The summed E-state index contributed by atoms with van der Waals surface area (Å²) < 4.78 is 41.1. The highest BCUT2D eigenvalue weighted by atomic mass is 19.4. The molecule has 2 rings (SSSR count). The molecule has 0 aromatic carbocycles. The van der Waals surface area contributed by atoms with E-state index in [0.717, 1.165) is 31.0 Å². The molecule has 120 valence electrons. The Hall–Kier alpha value is -1.11. The molecule has 1 fully saturated rings. The lowest BCUT2D eigenvalue weighted by Gasteiger charge is -2.33. The second-order valence-corrected chi connectivity index (χ2v) is 5.74. The third kappa shape index (κ3) is 3.96. The highest BCUT2D eigenvalue weighted by Crippen LogP contribution is 2.37. The van der Waals surface area contributed by atoms with Crippen LogP contribution in [0.2, 0.25) is 0 Å². The normalized spacial score (nSPS) is 23.5. The molecule has 0 amide bonds. The molecule has 0 saturated heterocycles. The first kappa shape index (κ1) is 16.3. The van der Waals surface area contributed by atoms with Crippen LogP contribution in [0.25, 0.3) is 0 Å². The molecule has 1 aromatic rings. The van der Waals surface area contributed by atoms with E-state index in [2.05, 4.69) is 22.4 Å². The van der Waals surface area contributed by atoms with Gasteiger partial charge in [0.15, 0.2) is 0 Å². The summed E-state index contributed by atoms with van der Waals surface area (Å²) in [6.45, 7) is 5.06. The van der Waals surface area contributed by atoms with Crippen LogP contribution in [0, 0.1) is 12.8 Å². The van der Waals surface area contributed by atoms with Gasteiger partial charge in [0.25, 0.3) is 0 Å². The summed E-state index contributed by atoms with van der Waals surface area (Å²) in [6, 6.07) is -0.508. The second-order valence-electron chi connectivity index (χ2n) is 5.74. The molecule has 1 N–H and O–H groups in total. The van der Waals surface area contributed by atoms with Crippen molar-refractivity contribution in [3.05, 3.63) is 11.6 Å². The largest absolute Gasteiger partial charge is 0.393 e. The van der Waals surface area contributed by atoms with Crippen LogP contribution in [0.15, 0.2) is 0 Å². The quantitative estimate of drug-likeness (QED) is 0.908. The molecule has 7 heteroatoms. The van der Waals surface area contributed by atoms with Gasteiger partial charge in [-0.1, -0.05) is 19.8 Å². The van der Waals surface area contributed by atoms with E-state index in [-0.39, 0.29) is 6.42 Å². The molecule has 1 heterocycles. The molecule has 21 heavy (non-hydrogen) atoms. The topological polar surface area (TPSA) is 42.7 Å². The van der Waals surface area contributed by atoms with E-state index < -0.39 is 18.1 Å². The van der Waals surface area contributed by atoms with Crippen LogP contribution in [0.3, 0.4) is 0 Å². The first-order chi connectivity index (χ1) is 9.93. The third-order valence-electron chi connectivity index (χ3n) is 4.17. The third-order valence-corrected chi connectivity index (χ3v) is 4.17. The van der Waals surface area contributed by atoms with Gasteiger partial charge >= 0.3 is 6.18 Å². The van der Waals surface area contributed by atoms with E-state index in [1.165, 1.54) is 0 Å². The number of hydrogen-bond acceptors (Lipinski definition) is 3. The predicted octanol–water partition coefficient (Wildman–Crippen LogP) is 3.21. The number of aromatic nitrogens is 3. The fraction of sp³-hybridized carbons (Fsp3) is 0.857. The number of rotatable bonds is 5. The van der Waals surface area contributed by atoms with E-state index in [1.807, 2.05) is 11.5 Å². The summed E-state index contributed by atoms with van der Waals surface area (Å²) >= 11 is 0. The van der Waals surface area contributed by atoms with Crippen LogP contribution in [-0.2, 0) is 13.1 Å². The zero-order valence-corrected chi connectivity index (χ0v) is 12.6. The maximum absolute atomic E-state index is 13.0. The average molecular weight is 304 g/mol. The van der Waals surface area contributed by atoms with Crippen molar-refractivity contribution in [2.75, 3.05) is 0 Å². The fourth-order valence-corrected chi connectivity index (χ4v) is 3.06. The Balaban J connectivity index is 2.01. The number of nitrogens with one attached hydrogen (secondary N) is 1. The van der Waals surface area contributed by atoms with Crippen molar-refractivity contribution >= 4 is 0 Å². The van der Waals surface area contributed by atoms with Gasteiger partial charge in [-0.05, 0) is 26.2 Å². The van der Waals surface area contributed by atoms with Crippen LogP contribution in [0.5, 0.6) is 0 Å². The van der Waals surface area contributed by atoms with Crippen LogP contribution in [-0.4, -0.2) is 27.0 Å². The van der Waals surface area contributed by atoms with Crippen molar-refractivity contribution in [2.45, 2.75) is 71.3 Å². The van der Waals surface area contributed by atoms with E-state index in [0.29, 0.717) is 19.4 Å². The first-order valence-corrected chi connectivity index (χ1v) is 7.62. The Morgan fingerprint density at radius 3 is 2.62 bits per heavy atom. The summed E-state index contributed by atoms with van der Waals surface area (Å²) in [5.41, 5.74) is 0. The zero-order chi connectivity index (χ0) is 15.5. The number of alkyl halides is 3. The van der Waals surface area contributed by atoms with Gasteiger partial charge in [0.2, 0.25) is 0 Å². The van der Waals surface area contributed by atoms with Crippen molar-refractivity contribution in [3.8, 4) is 0 Å². The Morgan fingerprint density at radius 2 is 1.95 bits per heavy atom. The lowest BCUT2D eigenvalue weighted by atomic mass is 9.84. The monoisotopic (exact) mass is 304 g/mol. The second kappa shape index (κ2) is 6.77. The molecule has 0 bridgehead atoms. The van der Waals surface area contributed by atoms with Gasteiger partial charge in [-0.2, -0.15) is 13.2 Å². The summed E-state index contributed by atoms with van der Waals surface area (Å²) in [5, 5.41) is 11.2. The van der Waals surface area contributed by atoms with Crippen molar-refractivity contribution in [1.29, 1.82) is 0 Å². The number of hydrogen-bond donors (Lipinski definition) is 1. The minimum absolute atomic E-state index is 0.224. The Bertz CT molecular complexity index is 456. The van der Waals surface area contributed by atoms with E-state index in [9.17, 15) is 13.2 Å². The minimum atomic E-state index is -4.12. The molecule has 0 radical (unpaired) electrons. The smallest absolute Gasteiger partial charge is 0.314 e. The van der Waals surface area contributed by atoms with Crippen molar-refractivity contribution in [1.82, 2.24) is 20.1 Å². The Morgan fingerprint density at radius 1 is 1.24 bits per heavy atom. The molecule has 1 aliphatic carbocycles. The van der Waals surface area contributed by atoms with Crippen molar-refractivity contribution < 1.29 is 13.2 Å². The number of aryl methyl sites for hydroxylation is 1. The van der Waals surface area contributed by atoms with Crippen molar-refractivity contribution in [3.63, 3.8) is 0 Å². The van der Waals surface area contributed by atoms with Gasteiger partial charge in [0.05, 0.1) is 12.5 Å². The van der Waals surface area contributed by atoms with Gasteiger partial charge in [0.1, 0.15) is 11.6 Å². The van der Waals surface area contributed by atoms with Gasteiger partial charge in [-0.25, -0.2) is 0 Å². The molecule has 2 atom stereocenters. The highest BCUT2D eigenvalue weighted by molar-refractivity contribution is 4.95. The number of halogens is 3. The summed E-state index contributed by atoms with van der Waals surface area (Å²) in [7, 11) is 0. The van der Waals surface area contributed by atoms with E-state index in [4.69, 9.17) is 0 Å². The molecule has 2 unspecified atom stereocenters. The molecule has 1 saturated carbocycles. The maximum atomic E-state index is 13.0. The molecule has 4 nitrogen and oxygen atoms in total. The molecular formula is C14H23F3N4. The lowest BCUT2D eigenvalue weighted by Crippen LogP contribution is -2.45.